The molecule has 5 rings (SSSR count). The summed E-state index contributed by atoms with van der Waals surface area (Å²) in [4.78, 5) is 46.4. The number of pyridine rings is 1. The standard InChI is InChI=1S/C30H36N6O2/c1-22-27(19-32-29(33-22)24-12-13-24)30(38)35-17-7-15-34(21-26-10-5-6-14-31-26)16-8-18-36(23(2)37)28-11-4-3-9-25(28)20-35/h3-6,9-11,14,19,24H,7-8,12-13,15-18,20-21H2,1-2H3. The van der Waals surface area contributed by atoms with Crippen LogP contribution >= 0.6 is 0 Å². The molecule has 0 atom stereocenters. The number of nitrogens with zero attached hydrogens (tertiary/aromatic N) is 6. The summed E-state index contributed by atoms with van der Waals surface area (Å²) in [6.45, 7) is 7.55. The number of hydrogen-bond donors (Lipinski definition) is 0. The van der Waals surface area contributed by atoms with Gasteiger partial charge in [0.15, 0.2) is 0 Å². The van der Waals surface area contributed by atoms with Crippen LogP contribution in [0.4, 0.5) is 5.69 Å². The van der Waals surface area contributed by atoms with Crippen molar-refractivity contribution < 1.29 is 9.59 Å². The van der Waals surface area contributed by atoms with Crippen LogP contribution in [-0.4, -0.2) is 62.7 Å². The van der Waals surface area contributed by atoms with Gasteiger partial charge in [-0.25, -0.2) is 9.97 Å². The Morgan fingerprint density at radius 1 is 0.947 bits per heavy atom. The fourth-order valence-corrected chi connectivity index (χ4v) is 5.15. The van der Waals surface area contributed by atoms with Crippen LogP contribution < -0.4 is 4.90 Å². The molecule has 198 valence electrons. The Hall–Kier alpha value is -3.65. The normalized spacial score (nSPS) is 17.3. The number of fused-ring (bicyclic) bond motifs is 1. The van der Waals surface area contributed by atoms with Gasteiger partial charge in [0.1, 0.15) is 5.82 Å². The van der Waals surface area contributed by atoms with Crippen LogP contribution in [0.15, 0.2) is 54.9 Å². The van der Waals surface area contributed by atoms with Crippen LogP contribution in [0, 0.1) is 6.92 Å². The smallest absolute Gasteiger partial charge is 0.257 e. The van der Waals surface area contributed by atoms with Crippen molar-refractivity contribution in [2.75, 3.05) is 31.1 Å². The average Bonchev–Trinajstić information content (AvgIpc) is 3.76. The van der Waals surface area contributed by atoms with Gasteiger partial charge in [0, 0.05) is 70.2 Å². The van der Waals surface area contributed by atoms with E-state index in [1.54, 1.807) is 13.1 Å². The van der Waals surface area contributed by atoms with Crippen molar-refractivity contribution in [1.82, 2.24) is 24.8 Å². The molecular weight excluding hydrogens is 476 g/mol. The van der Waals surface area contributed by atoms with Gasteiger partial charge in [-0.2, -0.15) is 0 Å². The third-order valence-corrected chi connectivity index (χ3v) is 7.35. The van der Waals surface area contributed by atoms with E-state index in [1.807, 2.05) is 65.4 Å². The van der Waals surface area contributed by atoms with E-state index < -0.39 is 0 Å². The zero-order valence-corrected chi connectivity index (χ0v) is 22.3. The predicted molar refractivity (Wildman–Crippen MR) is 147 cm³/mol. The van der Waals surface area contributed by atoms with Crippen LogP contribution in [0.3, 0.4) is 0 Å². The number of carbonyl (C=O) groups is 2. The molecule has 3 aromatic rings. The highest BCUT2D eigenvalue weighted by Crippen LogP contribution is 2.38. The SMILES string of the molecule is CC(=O)N1CCCN(Cc2ccccn2)CCCN(C(=O)c2cnc(C3CC3)nc2C)Cc2ccccc21. The van der Waals surface area contributed by atoms with Gasteiger partial charge in [0.25, 0.3) is 5.91 Å². The summed E-state index contributed by atoms with van der Waals surface area (Å²) in [6, 6.07) is 13.9. The number of anilines is 1. The monoisotopic (exact) mass is 512 g/mol. The second kappa shape index (κ2) is 11.8. The van der Waals surface area contributed by atoms with Gasteiger partial charge < -0.3 is 9.80 Å². The molecule has 0 radical (unpaired) electrons. The summed E-state index contributed by atoms with van der Waals surface area (Å²) in [5.41, 5.74) is 4.13. The molecule has 38 heavy (non-hydrogen) atoms. The maximum absolute atomic E-state index is 13.9. The van der Waals surface area contributed by atoms with Gasteiger partial charge in [-0.3, -0.25) is 19.5 Å². The molecule has 0 bridgehead atoms. The zero-order chi connectivity index (χ0) is 26.5. The molecule has 8 heteroatoms. The van der Waals surface area contributed by atoms with Gasteiger partial charge in [-0.1, -0.05) is 24.3 Å². The van der Waals surface area contributed by atoms with Gasteiger partial charge in [-0.15, -0.1) is 0 Å². The van der Waals surface area contributed by atoms with Crippen molar-refractivity contribution in [3.63, 3.8) is 0 Å². The number of aromatic nitrogens is 3. The summed E-state index contributed by atoms with van der Waals surface area (Å²) in [6.07, 6.45) is 7.45. The number of rotatable bonds is 4. The minimum absolute atomic E-state index is 0.00331. The summed E-state index contributed by atoms with van der Waals surface area (Å²) in [5.74, 6) is 1.22. The predicted octanol–water partition coefficient (Wildman–Crippen LogP) is 4.35. The van der Waals surface area contributed by atoms with Crippen LogP contribution in [0.1, 0.15) is 71.7 Å². The Morgan fingerprint density at radius 3 is 2.42 bits per heavy atom. The number of benzene rings is 1. The Morgan fingerprint density at radius 2 is 1.71 bits per heavy atom. The van der Waals surface area contributed by atoms with Crippen molar-refractivity contribution >= 4 is 17.5 Å². The zero-order valence-electron chi connectivity index (χ0n) is 22.3. The van der Waals surface area contributed by atoms with Gasteiger partial charge in [-0.05, 0) is 56.4 Å². The number of hydrogen-bond acceptors (Lipinski definition) is 6. The van der Waals surface area contributed by atoms with E-state index in [0.717, 1.165) is 73.8 Å². The maximum Gasteiger partial charge on any atom is 0.257 e. The third-order valence-electron chi connectivity index (χ3n) is 7.35. The highest BCUT2D eigenvalue weighted by molar-refractivity contribution is 5.95. The molecule has 0 spiro atoms. The topological polar surface area (TPSA) is 82.5 Å². The first-order valence-electron chi connectivity index (χ1n) is 13.6. The summed E-state index contributed by atoms with van der Waals surface area (Å²) in [5, 5.41) is 0. The second-order valence-corrected chi connectivity index (χ2v) is 10.3. The van der Waals surface area contributed by atoms with Crippen LogP contribution in [-0.2, 0) is 17.9 Å². The number of carbonyl (C=O) groups excluding carboxylic acids is 2. The molecule has 1 aliphatic heterocycles. The quantitative estimate of drug-likeness (QED) is 0.517. The molecule has 0 unspecified atom stereocenters. The van der Waals surface area contributed by atoms with E-state index in [4.69, 9.17) is 0 Å². The fourth-order valence-electron chi connectivity index (χ4n) is 5.15. The molecule has 0 N–H and O–H groups in total. The summed E-state index contributed by atoms with van der Waals surface area (Å²) in [7, 11) is 0. The third kappa shape index (κ3) is 6.25. The Bertz CT molecular complexity index is 1280. The van der Waals surface area contributed by atoms with Crippen molar-refractivity contribution in [3.05, 3.63) is 83.2 Å². The van der Waals surface area contributed by atoms with Crippen molar-refractivity contribution in [2.45, 2.75) is 58.5 Å². The number of aryl methyl sites for hydroxylation is 1. The summed E-state index contributed by atoms with van der Waals surface area (Å²) >= 11 is 0. The summed E-state index contributed by atoms with van der Waals surface area (Å²) < 4.78 is 0. The van der Waals surface area contributed by atoms with Gasteiger partial charge in [0.2, 0.25) is 5.91 Å². The Balaban J connectivity index is 1.43. The van der Waals surface area contributed by atoms with Crippen LogP contribution in [0.5, 0.6) is 0 Å². The first-order valence-corrected chi connectivity index (χ1v) is 13.6. The lowest BCUT2D eigenvalue weighted by atomic mass is 10.1. The minimum Gasteiger partial charge on any atom is -0.334 e. The van der Waals surface area contributed by atoms with Crippen molar-refractivity contribution in [3.8, 4) is 0 Å². The van der Waals surface area contributed by atoms with Crippen molar-refractivity contribution in [1.29, 1.82) is 0 Å². The molecule has 1 aromatic carbocycles. The average molecular weight is 513 g/mol. The Kier molecular flexibility index (Phi) is 8.08. The van der Waals surface area contributed by atoms with E-state index in [-0.39, 0.29) is 11.8 Å². The molecule has 2 aliphatic rings. The highest BCUT2D eigenvalue weighted by Gasteiger charge is 2.28. The van der Waals surface area contributed by atoms with Crippen LogP contribution in [0.2, 0.25) is 0 Å². The lowest BCUT2D eigenvalue weighted by Crippen LogP contribution is -2.38. The molecule has 3 heterocycles. The lowest BCUT2D eigenvalue weighted by Gasteiger charge is -2.31. The van der Waals surface area contributed by atoms with Gasteiger partial charge in [0.05, 0.1) is 17.0 Å². The minimum atomic E-state index is -0.0673. The molecule has 1 fully saturated rings. The molecule has 8 nitrogen and oxygen atoms in total. The fraction of sp³-hybridized carbons (Fsp3) is 0.433. The van der Waals surface area contributed by atoms with E-state index >= 15 is 0 Å². The molecule has 1 aliphatic carbocycles. The van der Waals surface area contributed by atoms with E-state index in [0.29, 0.717) is 31.1 Å². The van der Waals surface area contributed by atoms with Crippen molar-refractivity contribution in [2.24, 2.45) is 0 Å². The Labute approximate surface area is 224 Å². The van der Waals surface area contributed by atoms with Crippen LogP contribution in [0.25, 0.3) is 0 Å². The molecule has 2 aromatic heterocycles. The first-order chi connectivity index (χ1) is 18.5. The molecule has 0 saturated heterocycles. The first kappa shape index (κ1) is 26.0. The molecule has 2 amide bonds. The molecule has 1 saturated carbocycles. The van der Waals surface area contributed by atoms with E-state index in [2.05, 4.69) is 19.9 Å². The number of amides is 2. The van der Waals surface area contributed by atoms with E-state index in [9.17, 15) is 9.59 Å². The highest BCUT2D eigenvalue weighted by atomic mass is 16.2. The number of para-hydroxylation sites is 1. The molecular formula is C30H36N6O2. The second-order valence-electron chi connectivity index (χ2n) is 10.3. The maximum atomic E-state index is 13.9. The van der Waals surface area contributed by atoms with Gasteiger partial charge >= 0.3 is 0 Å². The lowest BCUT2D eigenvalue weighted by molar-refractivity contribution is -0.116. The van der Waals surface area contributed by atoms with E-state index in [1.165, 1.54) is 0 Å². The largest absolute Gasteiger partial charge is 0.334 e.